The lowest BCUT2D eigenvalue weighted by Crippen LogP contribution is -2.15. The fraction of sp³-hybridized carbons (Fsp3) is 1.00. The first kappa shape index (κ1) is 6.62. The molecule has 4 atom stereocenters. The highest BCUT2D eigenvalue weighted by atomic mass is 16.6. The number of hydrogen-bond donors (Lipinski definition) is 1. The van der Waals surface area contributed by atoms with Crippen LogP contribution < -0.4 is 0 Å². The van der Waals surface area contributed by atoms with E-state index in [1.807, 2.05) is 0 Å². The van der Waals surface area contributed by atoms with Gasteiger partial charge in [0.2, 0.25) is 0 Å². The number of aliphatic hydroxyl groups is 1. The molecule has 0 spiro atoms. The molecule has 1 N–H and O–H groups in total. The third kappa shape index (κ3) is 0.789. The largest absolute Gasteiger partial charge is 0.368 e. The third-order valence-corrected chi connectivity index (χ3v) is 2.94. The van der Waals surface area contributed by atoms with E-state index in [1.54, 1.807) is 0 Å². The van der Waals surface area contributed by atoms with Gasteiger partial charge in [-0.25, -0.2) is 0 Å². The van der Waals surface area contributed by atoms with Gasteiger partial charge < -0.3 is 9.84 Å². The second-order valence-corrected chi connectivity index (χ2v) is 3.52. The van der Waals surface area contributed by atoms with Gasteiger partial charge in [0.05, 0.1) is 6.10 Å². The smallest absolute Gasteiger partial charge is 0.157 e. The number of rotatable bonds is 0. The predicted molar refractivity (Wildman–Crippen MR) is 37.4 cm³/mol. The Hall–Kier alpha value is -0.0800. The van der Waals surface area contributed by atoms with E-state index in [-0.39, 0.29) is 0 Å². The SMILES string of the molecule is C[C@H]1C(O)O[C@@H]2CCC[C@@H]21. The van der Waals surface area contributed by atoms with Crippen LogP contribution in [0.5, 0.6) is 0 Å². The van der Waals surface area contributed by atoms with Gasteiger partial charge >= 0.3 is 0 Å². The second kappa shape index (κ2) is 2.21. The van der Waals surface area contributed by atoms with Crippen molar-refractivity contribution in [1.82, 2.24) is 0 Å². The molecule has 1 aliphatic heterocycles. The summed E-state index contributed by atoms with van der Waals surface area (Å²) in [6.07, 6.45) is 3.60. The normalized spacial score (nSPS) is 53.4. The molecular weight excluding hydrogens is 128 g/mol. The van der Waals surface area contributed by atoms with Crippen LogP contribution in [0.25, 0.3) is 0 Å². The first-order valence-corrected chi connectivity index (χ1v) is 4.12. The summed E-state index contributed by atoms with van der Waals surface area (Å²) in [4.78, 5) is 0. The quantitative estimate of drug-likeness (QED) is 0.549. The average Bonchev–Trinajstić information content (AvgIpc) is 2.41. The Morgan fingerprint density at radius 3 is 2.90 bits per heavy atom. The van der Waals surface area contributed by atoms with Gasteiger partial charge in [0, 0.05) is 5.92 Å². The molecule has 1 saturated carbocycles. The topological polar surface area (TPSA) is 29.5 Å². The Morgan fingerprint density at radius 2 is 2.20 bits per heavy atom. The third-order valence-electron chi connectivity index (χ3n) is 2.94. The van der Waals surface area contributed by atoms with Gasteiger partial charge in [-0.05, 0) is 18.8 Å². The van der Waals surface area contributed by atoms with Gasteiger partial charge in [0.1, 0.15) is 0 Å². The Kier molecular flexibility index (Phi) is 1.46. The minimum absolute atomic E-state index is 0.368. The molecule has 1 unspecified atom stereocenters. The van der Waals surface area contributed by atoms with E-state index in [2.05, 4.69) is 6.92 Å². The van der Waals surface area contributed by atoms with E-state index in [0.29, 0.717) is 17.9 Å². The maximum Gasteiger partial charge on any atom is 0.157 e. The summed E-state index contributed by atoms with van der Waals surface area (Å²) in [5, 5.41) is 9.28. The number of fused-ring (bicyclic) bond motifs is 1. The Morgan fingerprint density at radius 1 is 1.40 bits per heavy atom. The molecule has 0 aromatic rings. The Balaban J connectivity index is 2.09. The molecule has 0 bridgehead atoms. The summed E-state index contributed by atoms with van der Waals surface area (Å²) in [6, 6.07) is 0. The molecule has 1 heterocycles. The van der Waals surface area contributed by atoms with Gasteiger partial charge in [0.25, 0.3) is 0 Å². The number of hydrogen-bond acceptors (Lipinski definition) is 2. The van der Waals surface area contributed by atoms with Gasteiger partial charge in [0.15, 0.2) is 6.29 Å². The lowest BCUT2D eigenvalue weighted by atomic mass is 9.94. The number of aliphatic hydroxyl groups excluding tert-OH is 1. The maximum atomic E-state index is 9.28. The van der Waals surface area contributed by atoms with Crippen LogP contribution in [-0.4, -0.2) is 17.5 Å². The van der Waals surface area contributed by atoms with E-state index >= 15 is 0 Å². The average molecular weight is 142 g/mol. The zero-order valence-electron chi connectivity index (χ0n) is 6.29. The molecule has 2 fully saturated rings. The standard InChI is InChI=1S/C8H14O2/c1-5-6-3-2-4-7(6)10-8(5)9/h5-9H,2-4H2,1H3/t5-,6-,7-,8?/m1/s1. The van der Waals surface area contributed by atoms with Crippen LogP contribution in [0.3, 0.4) is 0 Å². The van der Waals surface area contributed by atoms with Crippen molar-refractivity contribution in [1.29, 1.82) is 0 Å². The Labute approximate surface area is 61.2 Å². The monoisotopic (exact) mass is 142 g/mol. The summed E-state index contributed by atoms with van der Waals surface area (Å²) in [5.41, 5.74) is 0. The molecular formula is C8H14O2. The summed E-state index contributed by atoms with van der Waals surface area (Å²) in [5.74, 6) is 1.02. The van der Waals surface area contributed by atoms with Crippen LogP contribution >= 0.6 is 0 Å². The molecule has 58 valence electrons. The highest BCUT2D eigenvalue weighted by Gasteiger charge is 2.43. The van der Waals surface area contributed by atoms with Gasteiger partial charge in [-0.3, -0.25) is 0 Å². The van der Waals surface area contributed by atoms with Crippen LogP contribution in [0.15, 0.2) is 0 Å². The molecule has 0 aromatic heterocycles. The Bertz CT molecular complexity index is 133. The molecule has 2 heteroatoms. The first-order chi connectivity index (χ1) is 4.79. The summed E-state index contributed by atoms with van der Waals surface area (Å²) >= 11 is 0. The molecule has 0 aromatic carbocycles. The van der Waals surface area contributed by atoms with Crippen LogP contribution in [0.1, 0.15) is 26.2 Å². The highest BCUT2D eigenvalue weighted by Crippen LogP contribution is 2.41. The van der Waals surface area contributed by atoms with E-state index in [0.717, 1.165) is 6.42 Å². The molecule has 2 aliphatic rings. The summed E-state index contributed by atoms with van der Waals surface area (Å²) in [7, 11) is 0. The minimum atomic E-state index is -0.477. The molecule has 0 amide bonds. The first-order valence-electron chi connectivity index (χ1n) is 4.12. The van der Waals surface area contributed by atoms with Crippen molar-refractivity contribution in [3.63, 3.8) is 0 Å². The fourth-order valence-electron chi connectivity index (χ4n) is 2.24. The molecule has 1 saturated heterocycles. The van der Waals surface area contributed by atoms with Crippen LogP contribution in [0.4, 0.5) is 0 Å². The van der Waals surface area contributed by atoms with Gasteiger partial charge in [-0.2, -0.15) is 0 Å². The van der Waals surface area contributed by atoms with E-state index in [4.69, 9.17) is 4.74 Å². The van der Waals surface area contributed by atoms with Crippen molar-refractivity contribution in [2.24, 2.45) is 11.8 Å². The van der Waals surface area contributed by atoms with Crippen molar-refractivity contribution in [3.8, 4) is 0 Å². The molecule has 2 rings (SSSR count). The van der Waals surface area contributed by atoms with Crippen LogP contribution in [-0.2, 0) is 4.74 Å². The van der Waals surface area contributed by atoms with Crippen LogP contribution in [0, 0.1) is 11.8 Å². The minimum Gasteiger partial charge on any atom is -0.368 e. The molecule has 0 radical (unpaired) electrons. The number of ether oxygens (including phenoxy) is 1. The fourth-order valence-corrected chi connectivity index (χ4v) is 2.24. The van der Waals surface area contributed by atoms with Crippen molar-refractivity contribution < 1.29 is 9.84 Å². The zero-order valence-corrected chi connectivity index (χ0v) is 6.29. The molecule has 10 heavy (non-hydrogen) atoms. The maximum absolute atomic E-state index is 9.28. The van der Waals surface area contributed by atoms with E-state index in [1.165, 1.54) is 12.8 Å². The van der Waals surface area contributed by atoms with Crippen molar-refractivity contribution in [3.05, 3.63) is 0 Å². The molecule has 1 aliphatic carbocycles. The molecule has 2 nitrogen and oxygen atoms in total. The van der Waals surface area contributed by atoms with Crippen molar-refractivity contribution in [2.75, 3.05) is 0 Å². The predicted octanol–water partition coefficient (Wildman–Crippen LogP) is 1.14. The summed E-state index contributed by atoms with van der Waals surface area (Å²) < 4.78 is 5.35. The highest BCUT2D eigenvalue weighted by molar-refractivity contribution is 4.88. The van der Waals surface area contributed by atoms with E-state index < -0.39 is 6.29 Å². The van der Waals surface area contributed by atoms with Crippen LogP contribution in [0.2, 0.25) is 0 Å². The summed E-state index contributed by atoms with van der Waals surface area (Å²) in [6.45, 7) is 2.08. The van der Waals surface area contributed by atoms with E-state index in [9.17, 15) is 5.11 Å². The van der Waals surface area contributed by atoms with Gasteiger partial charge in [-0.1, -0.05) is 13.3 Å². The van der Waals surface area contributed by atoms with Crippen molar-refractivity contribution in [2.45, 2.75) is 38.6 Å². The van der Waals surface area contributed by atoms with Gasteiger partial charge in [-0.15, -0.1) is 0 Å². The lowest BCUT2D eigenvalue weighted by Gasteiger charge is -2.10. The lowest BCUT2D eigenvalue weighted by molar-refractivity contribution is -0.106. The van der Waals surface area contributed by atoms with Crippen molar-refractivity contribution >= 4 is 0 Å². The second-order valence-electron chi connectivity index (χ2n) is 3.52. The zero-order chi connectivity index (χ0) is 7.14.